The highest BCUT2D eigenvalue weighted by Crippen LogP contribution is 2.47. The largest absolute Gasteiger partial charge is 0.288 e. The fourth-order valence-corrected chi connectivity index (χ4v) is 5.18. The molecule has 35 heavy (non-hydrogen) atoms. The molecule has 0 fully saturated rings. The Morgan fingerprint density at radius 2 is 1.29 bits per heavy atom. The van der Waals surface area contributed by atoms with Crippen molar-refractivity contribution in [2.75, 3.05) is 0 Å². The smallest absolute Gasteiger partial charge is 0.196 e. The van der Waals surface area contributed by atoms with E-state index in [0.717, 1.165) is 37.9 Å². The van der Waals surface area contributed by atoms with Gasteiger partial charge in [0, 0.05) is 16.0 Å². The van der Waals surface area contributed by atoms with Crippen LogP contribution in [-0.2, 0) is 0 Å². The van der Waals surface area contributed by atoms with Crippen molar-refractivity contribution in [3.05, 3.63) is 147 Å². The molecule has 0 radical (unpaired) electrons. The maximum absolute atomic E-state index is 14.0. The maximum atomic E-state index is 14.0. The summed E-state index contributed by atoms with van der Waals surface area (Å²) in [5.41, 5.74) is 7.47. The lowest BCUT2D eigenvalue weighted by molar-refractivity contribution is 0.104. The van der Waals surface area contributed by atoms with Gasteiger partial charge in [0.05, 0.1) is 11.3 Å². The molecule has 1 heterocycles. The van der Waals surface area contributed by atoms with Gasteiger partial charge in [-0.2, -0.15) is 0 Å². The Bertz CT molecular complexity index is 1450. The molecule has 0 unspecified atom stereocenters. The molecule has 0 saturated heterocycles. The van der Waals surface area contributed by atoms with Gasteiger partial charge in [0.25, 0.3) is 0 Å². The lowest BCUT2D eigenvalue weighted by Crippen LogP contribution is -2.09. The summed E-state index contributed by atoms with van der Waals surface area (Å²) in [4.78, 5) is 20.0. The number of rotatable bonds is 5. The minimum absolute atomic E-state index is 0.0146. The Kier molecular flexibility index (Phi) is 6.60. The predicted molar refractivity (Wildman–Crippen MR) is 149 cm³/mol. The molecular formula is C32H25NOS. The second-order valence-electron chi connectivity index (χ2n) is 8.59. The van der Waals surface area contributed by atoms with Crippen LogP contribution >= 0.6 is 11.8 Å². The Morgan fingerprint density at radius 3 is 1.91 bits per heavy atom. The number of aliphatic imine (C=N–C) groups is 1. The van der Waals surface area contributed by atoms with Crippen LogP contribution in [0.3, 0.4) is 0 Å². The number of hydrogen-bond donors (Lipinski definition) is 0. The van der Waals surface area contributed by atoms with E-state index in [-0.39, 0.29) is 5.78 Å². The van der Waals surface area contributed by atoms with Gasteiger partial charge in [-0.1, -0.05) is 120 Å². The van der Waals surface area contributed by atoms with Gasteiger partial charge in [0.2, 0.25) is 0 Å². The van der Waals surface area contributed by atoms with Crippen molar-refractivity contribution in [2.45, 2.75) is 13.8 Å². The second-order valence-corrected chi connectivity index (χ2v) is 9.62. The van der Waals surface area contributed by atoms with E-state index in [0.29, 0.717) is 11.1 Å². The summed E-state index contributed by atoms with van der Waals surface area (Å²) >= 11 is 1.56. The molecule has 0 amide bonds. The lowest BCUT2D eigenvalue weighted by atomic mass is 9.93. The molecule has 1 aliphatic rings. The number of carbonyl (C=O) groups excluding carboxylic acids is 1. The summed E-state index contributed by atoms with van der Waals surface area (Å²) < 4.78 is 0. The fourth-order valence-electron chi connectivity index (χ4n) is 4.00. The molecule has 0 bridgehead atoms. The number of ketones is 1. The number of carbonyl (C=O) groups is 1. The minimum Gasteiger partial charge on any atom is -0.288 e. The number of thioether (sulfide) groups is 1. The molecule has 4 aromatic rings. The van der Waals surface area contributed by atoms with Gasteiger partial charge in [-0.15, -0.1) is 0 Å². The van der Waals surface area contributed by atoms with Gasteiger partial charge < -0.3 is 0 Å². The van der Waals surface area contributed by atoms with E-state index in [9.17, 15) is 4.79 Å². The highest BCUT2D eigenvalue weighted by atomic mass is 32.2. The minimum atomic E-state index is -0.0146. The summed E-state index contributed by atoms with van der Waals surface area (Å²) in [5.74, 6) is -0.0146. The van der Waals surface area contributed by atoms with Crippen molar-refractivity contribution in [2.24, 2.45) is 4.99 Å². The molecule has 1 aliphatic heterocycles. The first-order valence-corrected chi connectivity index (χ1v) is 12.4. The third-order valence-corrected chi connectivity index (χ3v) is 6.91. The van der Waals surface area contributed by atoms with Gasteiger partial charge in [0.15, 0.2) is 5.78 Å². The maximum Gasteiger partial charge on any atom is 0.196 e. The van der Waals surface area contributed by atoms with Crippen LogP contribution in [0.2, 0.25) is 0 Å². The molecule has 5 rings (SSSR count). The van der Waals surface area contributed by atoms with Crippen molar-refractivity contribution >= 4 is 39.9 Å². The summed E-state index contributed by atoms with van der Waals surface area (Å²) in [7, 11) is 0. The molecule has 0 spiro atoms. The Morgan fingerprint density at radius 1 is 0.714 bits per heavy atom. The van der Waals surface area contributed by atoms with Crippen LogP contribution in [0.25, 0.3) is 11.6 Å². The highest BCUT2D eigenvalue weighted by molar-refractivity contribution is 8.19. The number of nitrogens with zero attached hydrogens (tertiary/aromatic N) is 1. The zero-order valence-electron chi connectivity index (χ0n) is 19.7. The first-order valence-electron chi connectivity index (χ1n) is 11.6. The van der Waals surface area contributed by atoms with E-state index in [1.54, 1.807) is 11.8 Å². The van der Waals surface area contributed by atoms with E-state index in [1.807, 2.05) is 79.7 Å². The molecular weight excluding hydrogens is 446 g/mol. The molecule has 0 N–H and O–H groups in total. The van der Waals surface area contributed by atoms with Crippen LogP contribution in [0.15, 0.2) is 125 Å². The molecule has 170 valence electrons. The summed E-state index contributed by atoms with van der Waals surface area (Å²) in [6.45, 7) is 4.10. The predicted octanol–water partition coefficient (Wildman–Crippen LogP) is 8.46. The van der Waals surface area contributed by atoms with Crippen LogP contribution in [0.1, 0.15) is 32.6 Å². The van der Waals surface area contributed by atoms with Crippen molar-refractivity contribution < 1.29 is 4.79 Å². The zero-order chi connectivity index (χ0) is 24.2. The Hall–Kier alpha value is -3.95. The Labute approximate surface area is 210 Å². The number of Topliss-reactive ketones (excluding diaryl/α,β-unsaturated/α-hetero) is 1. The van der Waals surface area contributed by atoms with Crippen LogP contribution in [0, 0.1) is 13.8 Å². The van der Waals surface area contributed by atoms with E-state index in [1.165, 1.54) is 5.56 Å². The van der Waals surface area contributed by atoms with E-state index in [4.69, 9.17) is 4.99 Å². The number of hydrogen-bond acceptors (Lipinski definition) is 3. The highest BCUT2D eigenvalue weighted by Gasteiger charge is 2.33. The first kappa shape index (κ1) is 22.8. The number of benzene rings is 4. The average Bonchev–Trinajstić information content (AvgIpc) is 3.23. The summed E-state index contributed by atoms with van der Waals surface area (Å²) in [6.07, 6.45) is 2.15. The van der Waals surface area contributed by atoms with Crippen molar-refractivity contribution in [3.63, 3.8) is 0 Å². The van der Waals surface area contributed by atoms with Crippen LogP contribution in [0.5, 0.6) is 0 Å². The van der Waals surface area contributed by atoms with Crippen molar-refractivity contribution in [1.82, 2.24) is 0 Å². The molecule has 0 saturated carbocycles. The summed E-state index contributed by atoms with van der Waals surface area (Å²) in [5, 5.41) is 0.722. The molecule has 0 aromatic heterocycles. The first-order chi connectivity index (χ1) is 17.1. The standard InChI is InChI=1S/C32H25NOS/c1-22-13-17-25(18-14-22)29-28(21-24-9-5-3-6-10-24)35-32(33-27-11-7-4-8-12-27)30(29)31(34)26-19-15-23(2)16-20-26/h3-21H,1-2H3/b28-21-,33-32?. The van der Waals surface area contributed by atoms with Gasteiger partial charge in [-0.3, -0.25) is 4.79 Å². The third kappa shape index (κ3) is 5.11. The summed E-state index contributed by atoms with van der Waals surface area (Å²) in [6, 6.07) is 36.2. The number of allylic oxidation sites excluding steroid dienone is 1. The second kappa shape index (κ2) is 10.1. The number of para-hydroxylation sites is 1. The van der Waals surface area contributed by atoms with E-state index in [2.05, 4.69) is 49.4 Å². The molecule has 3 heteroatoms. The van der Waals surface area contributed by atoms with Gasteiger partial charge in [-0.05, 0) is 43.2 Å². The van der Waals surface area contributed by atoms with Crippen LogP contribution in [-0.4, -0.2) is 10.8 Å². The lowest BCUT2D eigenvalue weighted by Gasteiger charge is -2.09. The van der Waals surface area contributed by atoms with Gasteiger partial charge in [-0.25, -0.2) is 4.99 Å². The molecule has 4 aromatic carbocycles. The van der Waals surface area contributed by atoms with Gasteiger partial charge >= 0.3 is 0 Å². The van der Waals surface area contributed by atoms with Crippen LogP contribution in [0.4, 0.5) is 5.69 Å². The SMILES string of the molecule is Cc1ccc(C(=O)C2=C(c3ccc(C)cc3)/C(=C/c3ccccc3)SC2=Nc2ccccc2)cc1. The normalized spacial score (nSPS) is 15.7. The topological polar surface area (TPSA) is 29.4 Å². The number of aryl methyl sites for hydroxylation is 2. The van der Waals surface area contributed by atoms with Crippen molar-refractivity contribution in [1.29, 1.82) is 0 Å². The van der Waals surface area contributed by atoms with Crippen molar-refractivity contribution in [3.8, 4) is 0 Å². The Balaban J connectivity index is 1.76. The van der Waals surface area contributed by atoms with E-state index >= 15 is 0 Å². The quantitative estimate of drug-likeness (QED) is 0.273. The fraction of sp³-hybridized carbons (Fsp3) is 0.0625. The zero-order valence-corrected chi connectivity index (χ0v) is 20.5. The van der Waals surface area contributed by atoms with E-state index < -0.39 is 0 Å². The molecule has 2 nitrogen and oxygen atoms in total. The van der Waals surface area contributed by atoms with Gasteiger partial charge in [0.1, 0.15) is 5.04 Å². The third-order valence-electron chi connectivity index (χ3n) is 5.88. The monoisotopic (exact) mass is 471 g/mol. The molecule has 0 atom stereocenters. The van der Waals surface area contributed by atoms with Crippen LogP contribution < -0.4 is 0 Å². The average molecular weight is 472 g/mol. The molecule has 0 aliphatic carbocycles.